The Balaban J connectivity index is 0.00000161. The molecular formula is C14H24ClN5O. The monoisotopic (exact) mass is 313 g/mol. The quantitative estimate of drug-likeness (QED) is 0.863. The topological polar surface area (TPSA) is 71.8 Å². The van der Waals surface area contributed by atoms with Crippen molar-refractivity contribution in [1.82, 2.24) is 25.6 Å². The maximum absolute atomic E-state index is 12.1. The third-order valence-electron chi connectivity index (χ3n) is 4.33. The van der Waals surface area contributed by atoms with E-state index >= 15 is 0 Å². The molecule has 1 aliphatic carbocycles. The smallest absolute Gasteiger partial charge is 0.273 e. The van der Waals surface area contributed by atoms with Gasteiger partial charge in [0, 0.05) is 6.54 Å². The van der Waals surface area contributed by atoms with Crippen molar-refractivity contribution in [1.29, 1.82) is 0 Å². The normalized spacial score (nSPS) is 19.1. The molecule has 1 saturated carbocycles. The van der Waals surface area contributed by atoms with Crippen LogP contribution in [0, 0.1) is 12.8 Å². The maximum Gasteiger partial charge on any atom is 0.273 e. The van der Waals surface area contributed by atoms with Crippen LogP contribution in [0.25, 0.3) is 0 Å². The number of halogens is 1. The van der Waals surface area contributed by atoms with E-state index in [1.54, 1.807) is 0 Å². The summed E-state index contributed by atoms with van der Waals surface area (Å²) in [5.74, 6) is 0.755. The first-order valence-electron chi connectivity index (χ1n) is 7.66. The summed E-state index contributed by atoms with van der Waals surface area (Å²) in [6.45, 7) is 4.71. The fraction of sp³-hybridized carbons (Fsp3) is 0.786. The second-order valence-electron chi connectivity index (χ2n) is 5.94. The zero-order valence-corrected chi connectivity index (χ0v) is 13.3. The number of aromatic nitrogens is 3. The number of hydrogen-bond acceptors (Lipinski definition) is 4. The molecule has 2 aliphatic rings. The van der Waals surface area contributed by atoms with Crippen LogP contribution in [0.1, 0.15) is 54.3 Å². The zero-order valence-electron chi connectivity index (χ0n) is 12.5. The Hall–Kier alpha value is -1.14. The highest BCUT2D eigenvalue weighted by molar-refractivity contribution is 5.93. The lowest BCUT2D eigenvalue weighted by Crippen LogP contribution is -2.30. The van der Waals surface area contributed by atoms with Gasteiger partial charge in [0.25, 0.3) is 5.91 Å². The summed E-state index contributed by atoms with van der Waals surface area (Å²) in [5, 5.41) is 14.6. The van der Waals surface area contributed by atoms with E-state index in [0.717, 1.165) is 50.5 Å². The number of amides is 1. The molecule has 21 heavy (non-hydrogen) atoms. The highest BCUT2D eigenvalue weighted by Gasteiger charge is 2.24. The number of rotatable bonds is 5. The van der Waals surface area contributed by atoms with Gasteiger partial charge >= 0.3 is 0 Å². The van der Waals surface area contributed by atoms with Gasteiger partial charge in [-0.2, -0.15) is 0 Å². The molecule has 2 fully saturated rings. The van der Waals surface area contributed by atoms with Gasteiger partial charge < -0.3 is 10.6 Å². The number of carbonyl (C=O) groups is 1. The zero-order chi connectivity index (χ0) is 13.9. The molecule has 1 saturated heterocycles. The van der Waals surface area contributed by atoms with Crippen LogP contribution in [0.2, 0.25) is 0 Å². The van der Waals surface area contributed by atoms with E-state index in [4.69, 9.17) is 0 Å². The molecule has 0 atom stereocenters. The summed E-state index contributed by atoms with van der Waals surface area (Å²) in [6.07, 6.45) is 5.83. The van der Waals surface area contributed by atoms with Gasteiger partial charge in [0.05, 0.1) is 11.7 Å². The Morgan fingerprint density at radius 2 is 2.05 bits per heavy atom. The van der Waals surface area contributed by atoms with E-state index in [0.29, 0.717) is 11.7 Å². The second kappa shape index (κ2) is 7.22. The van der Waals surface area contributed by atoms with Crippen molar-refractivity contribution in [2.45, 2.75) is 45.1 Å². The fourth-order valence-electron chi connectivity index (χ4n) is 2.83. The lowest BCUT2D eigenvalue weighted by Gasteiger charge is -2.23. The Morgan fingerprint density at radius 1 is 1.33 bits per heavy atom. The van der Waals surface area contributed by atoms with E-state index in [-0.39, 0.29) is 18.3 Å². The standard InChI is InChI=1S/C14H23N5O.ClH/c1-10-13(14(20)16-9-4-11-2-3-11)17-18-19(10)12-5-7-15-8-6-12;/h11-12,15H,2-9H2,1H3,(H,16,20);1H. The van der Waals surface area contributed by atoms with Crippen LogP contribution in [-0.4, -0.2) is 40.5 Å². The summed E-state index contributed by atoms with van der Waals surface area (Å²) < 4.78 is 1.93. The first-order valence-corrected chi connectivity index (χ1v) is 7.66. The summed E-state index contributed by atoms with van der Waals surface area (Å²) in [6, 6.07) is 0.372. The molecule has 1 aromatic rings. The molecule has 2 N–H and O–H groups in total. The van der Waals surface area contributed by atoms with E-state index in [2.05, 4.69) is 20.9 Å². The second-order valence-corrected chi connectivity index (χ2v) is 5.94. The molecule has 1 aliphatic heterocycles. The molecule has 0 bridgehead atoms. The van der Waals surface area contributed by atoms with Crippen molar-refractivity contribution in [3.05, 3.63) is 11.4 Å². The van der Waals surface area contributed by atoms with Gasteiger partial charge in [-0.25, -0.2) is 4.68 Å². The summed E-state index contributed by atoms with van der Waals surface area (Å²) in [4.78, 5) is 12.1. The van der Waals surface area contributed by atoms with Crippen molar-refractivity contribution in [3.63, 3.8) is 0 Å². The fourth-order valence-corrected chi connectivity index (χ4v) is 2.83. The molecule has 2 heterocycles. The van der Waals surface area contributed by atoms with Crippen molar-refractivity contribution in [3.8, 4) is 0 Å². The first-order chi connectivity index (χ1) is 9.75. The van der Waals surface area contributed by atoms with E-state index < -0.39 is 0 Å². The number of piperidine rings is 1. The average molecular weight is 314 g/mol. The van der Waals surface area contributed by atoms with E-state index in [9.17, 15) is 4.79 Å². The molecule has 6 nitrogen and oxygen atoms in total. The highest BCUT2D eigenvalue weighted by Crippen LogP contribution is 2.31. The van der Waals surface area contributed by atoms with Crippen molar-refractivity contribution in [2.75, 3.05) is 19.6 Å². The minimum Gasteiger partial charge on any atom is -0.351 e. The Morgan fingerprint density at radius 3 is 2.71 bits per heavy atom. The third kappa shape index (κ3) is 3.95. The molecule has 0 radical (unpaired) electrons. The lowest BCUT2D eigenvalue weighted by atomic mass is 10.1. The third-order valence-corrected chi connectivity index (χ3v) is 4.33. The van der Waals surface area contributed by atoms with Crippen LogP contribution < -0.4 is 10.6 Å². The Kier molecular flexibility index (Phi) is 5.58. The molecule has 118 valence electrons. The molecule has 0 spiro atoms. The average Bonchev–Trinajstić information content (AvgIpc) is 3.21. The number of carbonyl (C=O) groups excluding carboxylic acids is 1. The lowest BCUT2D eigenvalue weighted by molar-refractivity contribution is 0.0947. The van der Waals surface area contributed by atoms with Gasteiger partial charge in [-0.05, 0) is 45.2 Å². The van der Waals surface area contributed by atoms with Crippen molar-refractivity contribution >= 4 is 18.3 Å². The van der Waals surface area contributed by atoms with Gasteiger partial charge in [-0.1, -0.05) is 18.1 Å². The summed E-state index contributed by atoms with van der Waals surface area (Å²) in [7, 11) is 0. The van der Waals surface area contributed by atoms with E-state index in [1.807, 2.05) is 11.6 Å². The highest BCUT2D eigenvalue weighted by atomic mass is 35.5. The van der Waals surface area contributed by atoms with Crippen LogP contribution in [0.5, 0.6) is 0 Å². The van der Waals surface area contributed by atoms with Crippen LogP contribution in [0.4, 0.5) is 0 Å². The van der Waals surface area contributed by atoms with Crippen molar-refractivity contribution in [2.24, 2.45) is 5.92 Å². The SMILES string of the molecule is Cc1c(C(=O)NCCC2CC2)nnn1C1CCNCC1.Cl. The van der Waals surface area contributed by atoms with Gasteiger partial charge in [0.1, 0.15) is 0 Å². The van der Waals surface area contributed by atoms with E-state index in [1.165, 1.54) is 12.8 Å². The molecular weight excluding hydrogens is 290 g/mol. The van der Waals surface area contributed by atoms with Gasteiger partial charge in [0.2, 0.25) is 0 Å². The molecule has 7 heteroatoms. The van der Waals surface area contributed by atoms with Crippen molar-refractivity contribution < 1.29 is 4.79 Å². The predicted octanol–water partition coefficient (Wildman–Crippen LogP) is 1.46. The number of hydrogen-bond donors (Lipinski definition) is 2. The Bertz CT molecular complexity index is 480. The Labute approximate surface area is 131 Å². The van der Waals surface area contributed by atoms with Crippen LogP contribution in [0.3, 0.4) is 0 Å². The summed E-state index contributed by atoms with van der Waals surface area (Å²) >= 11 is 0. The maximum atomic E-state index is 12.1. The molecule has 1 aromatic heterocycles. The van der Waals surface area contributed by atoms with Gasteiger partial charge in [0.15, 0.2) is 5.69 Å². The predicted molar refractivity (Wildman–Crippen MR) is 82.8 cm³/mol. The minimum absolute atomic E-state index is 0. The van der Waals surface area contributed by atoms with Crippen LogP contribution >= 0.6 is 12.4 Å². The largest absolute Gasteiger partial charge is 0.351 e. The number of nitrogens with zero attached hydrogens (tertiary/aromatic N) is 3. The van der Waals surface area contributed by atoms with Crippen LogP contribution in [0.15, 0.2) is 0 Å². The van der Waals surface area contributed by atoms with Crippen LogP contribution in [-0.2, 0) is 0 Å². The molecule has 1 amide bonds. The minimum atomic E-state index is -0.0802. The first kappa shape index (κ1) is 16.2. The number of nitrogens with one attached hydrogen (secondary N) is 2. The van der Waals surface area contributed by atoms with Gasteiger partial charge in [-0.3, -0.25) is 4.79 Å². The molecule has 0 aromatic carbocycles. The molecule has 0 unspecified atom stereocenters. The van der Waals surface area contributed by atoms with Gasteiger partial charge in [-0.15, -0.1) is 17.5 Å². The molecule has 3 rings (SSSR count). The summed E-state index contributed by atoms with van der Waals surface area (Å²) in [5.41, 5.74) is 1.38.